The Morgan fingerprint density at radius 1 is 1.55 bits per heavy atom. The molecule has 0 aliphatic carbocycles. The molecule has 11 heavy (non-hydrogen) atoms. The molecular formula is C8H7FN2. The van der Waals surface area contributed by atoms with Crippen LogP contribution in [0.3, 0.4) is 0 Å². The van der Waals surface area contributed by atoms with Crippen LogP contribution in [0.5, 0.6) is 0 Å². The number of nitrogens with two attached hydrogens (primary N) is 1. The number of halogens is 1. The minimum absolute atomic E-state index is 0.164. The van der Waals surface area contributed by atoms with E-state index in [2.05, 4.69) is 0 Å². The van der Waals surface area contributed by atoms with Gasteiger partial charge in [0.15, 0.2) is 0 Å². The van der Waals surface area contributed by atoms with Crippen LogP contribution in [0, 0.1) is 17.1 Å². The fourth-order valence-corrected chi connectivity index (χ4v) is 0.782. The molecule has 0 amide bonds. The molecule has 0 fully saturated rings. The van der Waals surface area contributed by atoms with Gasteiger partial charge in [-0.15, -0.1) is 0 Å². The molecule has 2 N–H and O–H groups in total. The molecule has 56 valence electrons. The Hall–Kier alpha value is -1.40. The van der Waals surface area contributed by atoms with Crippen molar-refractivity contribution in [1.29, 1.82) is 5.26 Å². The van der Waals surface area contributed by atoms with E-state index in [0.717, 1.165) is 0 Å². The van der Waals surface area contributed by atoms with Crippen LogP contribution < -0.4 is 5.73 Å². The molecule has 0 spiro atoms. The van der Waals surface area contributed by atoms with Gasteiger partial charge in [0.25, 0.3) is 0 Å². The molecule has 0 atom stereocenters. The zero-order valence-corrected chi connectivity index (χ0v) is 5.84. The van der Waals surface area contributed by atoms with Gasteiger partial charge in [-0.3, -0.25) is 0 Å². The quantitative estimate of drug-likeness (QED) is 0.653. The maximum atomic E-state index is 12.8. The monoisotopic (exact) mass is 150 g/mol. The molecule has 3 heteroatoms. The fourth-order valence-electron chi connectivity index (χ4n) is 0.782. The lowest BCUT2D eigenvalue weighted by Gasteiger charge is -1.97. The van der Waals surface area contributed by atoms with Crippen molar-refractivity contribution in [3.05, 3.63) is 35.1 Å². The van der Waals surface area contributed by atoms with Crippen molar-refractivity contribution in [2.24, 2.45) is 5.73 Å². The van der Waals surface area contributed by atoms with E-state index in [9.17, 15) is 4.39 Å². The van der Waals surface area contributed by atoms with Crippen LogP contribution in [0.15, 0.2) is 18.2 Å². The Balaban J connectivity index is 3.12. The number of nitriles is 1. The topological polar surface area (TPSA) is 49.8 Å². The van der Waals surface area contributed by atoms with Crippen LogP contribution in [0.2, 0.25) is 0 Å². The van der Waals surface area contributed by atoms with E-state index in [1.54, 1.807) is 6.07 Å². The number of nitrogens with zero attached hydrogens (tertiary/aromatic N) is 1. The third-order valence-corrected chi connectivity index (χ3v) is 1.40. The molecule has 0 saturated heterocycles. The third-order valence-electron chi connectivity index (χ3n) is 1.40. The molecule has 0 aliphatic heterocycles. The maximum Gasteiger partial charge on any atom is 0.129 e. The van der Waals surface area contributed by atoms with E-state index < -0.39 is 5.82 Å². The fraction of sp³-hybridized carbons (Fsp3) is 0.125. The summed E-state index contributed by atoms with van der Waals surface area (Å²) in [5, 5.41) is 8.38. The second-order valence-corrected chi connectivity index (χ2v) is 2.12. The Morgan fingerprint density at radius 2 is 2.27 bits per heavy atom. The van der Waals surface area contributed by atoms with E-state index in [-0.39, 0.29) is 6.54 Å². The molecule has 0 saturated carbocycles. The summed E-state index contributed by atoms with van der Waals surface area (Å²) < 4.78 is 12.8. The molecule has 0 unspecified atom stereocenters. The van der Waals surface area contributed by atoms with Crippen LogP contribution >= 0.6 is 0 Å². The minimum atomic E-state index is -0.411. The standard InChI is InChI=1S/C8H7FN2/c9-8-3-6(4-10)1-2-7(8)5-11/h1-3H,5,11H2. The van der Waals surface area contributed by atoms with E-state index >= 15 is 0 Å². The summed E-state index contributed by atoms with van der Waals surface area (Å²) in [6.45, 7) is 0.164. The SMILES string of the molecule is N#Cc1ccc(CN)c(F)c1. The van der Waals surface area contributed by atoms with Crippen molar-refractivity contribution in [3.63, 3.8) is 0 Å². The van der Waals surface area contributed by atoms with Crippen molar-refractivity contribution in [1.82, 2.24) is 0 Å². The van der Waals surface area contributed by atoms with Gasteiger partial charge in [-0.05, 0) is 12.1 Å². The summed E-state index contributed by atoms with van der Waals surface area (Å²) >= 11 is 0. The highest BCUT2D eigenvalue weighted by atomic mass is 19.1. The zero-order chi connectivity index (χ0) is 8.27. The second kappa shape index (κ2) is 3.13. The summed E-state index contributed by atoms with van der Waals surface area (Å²) in [5.74, 6) is -0.411. The zero-order valence-electron chi connectivity index (χ0n) is 5.84. The van der Waals surface area contributed by atoms with Crippen LogP contribution in [0.25, 0.3) is 0 Å². The van der Waals surface area contributed by atoms with Crippen molar-refractivity contribution in [2.75, 3.05) is 0 Å². The predicted molar refractivity (Wildman–Crippen MR) is 39.0 cm³/mol. The summed E-state index contributed by atoms with van der Waals surface area (Å²) in [6.07, 6.45) is 0. The molecule has 1 aromatic carbocycles. The third kappa shape index (κ3) is 1.54. The van der Waals surface area contributed by atoms with Gasteiger partial charge in [0.1, 0.15) is 5.82 Å². The highest BCUT2D eigenvalue weighted by molar-refractivity contribution is 5.32. The van der Waals surface area contributed by atoms with Crippen LogP contribution in [0.4, 0.5) is 4.39 Å². The molecular weight excluding hydrogens is 143 g/mol. The van der Waals surface area contributed by atoms with Crippen molar-refractivity contribution < 1.29 is 4.39 Å². The molecule has 0 radical (unpaired) electrons. The number of hydrogen-bond donors (Lipinski definition) is 1. The summed E-state index contributed by atoms with van der Waals surface area (Å²) in [5.41, 5.74) is 5.97. The first-order valence-electron chi connectivity index (χ1n) is 3.16. The lowest BCUT2D eigenvalue weighted by molar-refractivity contribution is 0.610. The molecule has 0 aromatic heterocycles. The summed E-state index contributed by atoms with van der Waals surface area (Å²) in [6, 6.07) is 6.09. The van der Waals surface area contributed by atoms with Crippen molar-refractivity contribution in [3.8, 4) is 6.07 Å². The van der Waals surface area contributed by atoms with Gasteiger partial charge in [0, 0.05) is 12.1 Å². The van der Waals surface area contributed by atoms with Crippen LogP contribution in [0.1, 0.15) is 11.1 Å². The lowest BCUT2D eigenvalue weighted by atomic mass is 10.1. The molecule has 0 aliphatic rings. The summed E-state index contributed by atoms with van der Waals surface area (Å²) in [7, 11) is 0. The van der Waals surface area contributed by atoms with E-state index in [1.165, 1.54) is 12.1 Å². The van der Waals surface area contributed by atoms with Crippen molar-refractivity contribution >= 4 is 0 Å². The molecule has 2 nitrogen and oxygen atoms in total. The van der Waals surface area contributed by atoms with E-state index in [1.807, 2.05) is 6.07 Å². The largest absolute Gasteiger partial charge is 0.326 e. The highest BCUT2D eigenvalue weighted by Gasteiger charge is 1.99. The van der Waals surface area contributed by atoms with Gasteiger partial charge >= 0.3 is 0 Å². The van der Waals surface area contributed by atoms with Gasteiger partial charge in [-0.25, -0.2) is 4.39 Å². The predicted octanol–water partition coefficient (Wildman–Crippen LogP) is 1.16. The minimum Gasteiger partial charge on any atom is -0.326 e. The Kier molecular flexibility index (Phi) is 2.19. The first-order valence-corrected chi connectivity index (χ1v) is 3.16. The van der Waals surface area contributed by atoms with Gasteiger partial charge < -0.3 is 5.73 Å². The van der Waals surface area contributed by atoms with E-state index in [4.69, 9.17) is 11.0 Å². The number of benzene rings is 1. The average Bonchev–Trinajstić information content (AvgIpc) is 2.04. The summed E-state index contributed by atoms with van der Waals surface area (Å²) in [4.78, 5) is 0. The smallest absolute Gasteiger partial charge is 0.129 e. The van der Waals surface area contributed by atoms with Crippen molar-refractivity contribution in [2.45, 2.75) is 6.54 Å². The molecule has 0 bridgehead atoms. The molecule has 1 rings (SSSR count). The Bertz CT molecular complexity index is 301. The lowest BCUT2D eigenvalue weighted by Crippen LogP contribution is -1.99. The normalized spacial score (nSPS) is 9.18. The van der Waals surface area contributed by atoms with E-state index in [0.29, 0.717) is 11.1 Å². The van der Waals surface area contributed by atoms with Crippen LogP contribution in [-0.2, 0) is 6.54 Å². The maximum absolute atomic E-state index is 12.8. The first kappa shape index (κ1) is 7.70. The van der Waals surface area contributed by atoms with Gasteiger partial charge in [-0.1, -0.05) is 6.07 Å². The number of rotatable bonds is 1. The highest BCUT2D eigenvalue weighted by Crippen LogP contribution is 2.08. The van der Waals surface area contributed by atoms with Gasteiger partial charge in [0.05, 0.1) is 11.6 Å². The average molecular weight is 150 g/mol. The molecule has 1 aromatic rings. The second-order valence-electron chi connectivity index (χ2n) is 2.12. The first-order chi connectivity index (χ1) is 5.27. The van der Waals surface area contributed by atoms with Gasteiger partial charge in [0.2, 0.25) is 0 Å². The Labute approximate surface area is 64.1 Å². The van der Waals surface area contributed by atoms with Crippen LogP contribution in [-0.4, -0.2) is 0 Å². The number of hydrogen-bond acceptors (Lipinski definition) is 2. The molecule has 0 heterocycles. The Morgan fingerprint density at radius 3 is 2.73 bits per heavy atom. The van der Waals surface area contributed by atoms with Gasteiger partial charge in [-0.2, -0.15) is 5.26 Å².